The first-order valence-electron chi connectivity index (χ1n) is 22.1. The molecule has 6 aromatic carbocycles. The zero-order chi connectivity index (χ0) is 45.7. The summed E-state index contributed by atoms with van der Waals surface area (Å²) in [6.07, 6.45) is -2.50. The van der Waals surface area contributed by atoms with Gasteiger partial charge in [0.25, 0.3) is 0 Å². The van der Waals surface area contributed by atoms with E-state index in [1.165, 1.54) is 5.56 Å². The number of ether oxygens (including phenoxy) is 1. The Balaban J connectivity index is 1.15. The number of hydrogen-bond acceptors (Lipinski definition) is 4. The monoisotopic (exact) mass is 858 g/mol. The summed E-state index contributed by atoms with van der Waals surface area (Å²) in [7, 11) is 0. The smallest absolute Gasteiger partial charge is 0.416 e. The van der Waals surface area contributed by atoms with Gasteiger partial charge in [0.1, 0.15) is 17.3 Å². The molecule has 0 fully saturated rings. The van der Waals surface area contributed by atoms with Gasteiger partial charge in [0, 0.05) is 40.5 Å². The van der Waals surface area contributed by atoms with Crippen LogP contribution in [-0.2, 0) is 17.0 Å². The predicted molar refractivity (Wildman–Crippen MR) is 261 cm³/mol. The molecule has 0 aliphatic rings. The zero-order valence-corrected chi connectivity index (χ0v) is 38.4. The Labute approximate surface area is 375 Å². The Morgan fingerprint density at radius 1 is 0.531 bits per heavy atom. The minimum atomic E-state index is -4.39. The molecule has 2 heterocycles. The van der Waals surface area contributed by atoms with Crippen LogP contribution in [0.3, 0.4) is 0 Å². The average molecular weight is 859 g/mol. The number of fused-ring (bicyclic) bond motifs is 3. The lowest BCUT2D eigenvalue weighted by molar-refractivity contribution is -0.137. The molecule has 5 nitrogen and oxygen atoms in total. The first-order chi connectivity index (χ1) is 30.2. The first kappa shape index (κ1) is 44.1. The molecule has 0 spiro atoms. The van der Waals surface area contributed by atoms with E-state index in [-0.39, 0.29) is 22.7 Å². The van der Waals surface area contributed by atoms with E-state index >= 15 is 0 Å². The van der Waals surface area contributed by atoms with E-state index in [0.29, 0.717) is 11.5 Å². The summed E-state index contributed by atoms with van der Waals surface area (Å²) in [6, 6.07) is 43.1. The molecule has 0 bridgehead atoms. The average Bonchev–Trinajstić information content (AvgIpc) is 3.57. The van der Waals surface area contributed by atoms with Gasteiger partial charge in [-0.3, -0.25) is 4.57 Å². The van der Waals surface area contributed by atoms with Crippen molar-refractivity contribution in [2.45, 2.75) is 98.1 Å². The van der Waals surface area contributed by atoms with Gasteiger partial charge >= 0.3 is 6.18 Å². The van der Waals surface area contributed by atoms with E-state index in [4.69, 9.17) is 9.72 Å². The van der Waals surface area contributed by atoms with Crippen LogP contribution in [0.25, 0.3) is 38.8 Å². The topological polar surface area (TPSA) is 51.1 Å². The highest BCUT2D eigenvalue weighted by molar-refractivity contribution is 6.09. The summed E-state index contributed by atoms with van der Waals surface area (Å²) in [5.41, 5.74) is 11.0. The summed E-state index contributed by atoms with van der Waals surface area (Å²) in [4.78, 5) is 4.86. The van der Waals surface area contributed by atoms with Crippen LogP contribution in [0.4, 0.5) is 35.9 Å². The van der Waals surface area contributed by atoms with Crippen molar-refractivity contribution < 1.29 is 17.9 Å². The Morgan fingerprint density at radius 2 is 1.14 bits per heavy atom. The molecule has 0 unspecified atom stereocenters. The van der Waals surface area contributed by atoms with Gasteiger partial charge in [-0.25, -0.2) is 4.98 Å². The summed E-state index contributed by atoms with van der Waals surface area (Å²) >= 11 is 0. The Bertz CT molecular complexity index is 2950. The third-order valence-electron chi connectivity index (χ3n) is 11.9. The van der Waals surface area contributed by atoms with E-state index in [1.807, 2.05) is 30.5 Å². The maximum Gasteiger partial charge on any atom is 0.416 e. The fourth-order valence-corrected chi connectivity index (χ4v) is 8.32. The van der Waals surface area contributed by atoms with Gasteiger partial charge in [-0.1, -0.05) is 112 Å². The van der Waals surface area contributed by atoms with Crippen molar-refractivity contribution in [3.63, 3.8) is 0 Å². The molecule has 0 saturated carbocycles. The van der Waals surface area contributed by atoms with Gasteiger partial charge in [0.15, 0.2) is 0 Å². The molecule has 8 heteroatoms. The van der Waals surface area contributed by atoms with Crippen LogP contribution in [0, 0.1) is 0 Å². The van der Waals surface area contributed by atoms with Crippen molar-refractivity contribution >= 4 is 44.6 Å². The highest BCUT2D eigenvalue weighted by Gasteiger charge is 2.30. The van der Waals surface area contributed by atoms with Crippen LogP contribution in [0.1, 0.15) is 109 Å². The third kappa shape index (κ3) is 9.10. The van der Waals surface area contributed by atoms with Crippen LogP contribution >= 0.6 is 0 Å². The molecule has 2 aromatic heterocycles. The van der Waals surface area contributed by atoms with Crippen molar-refractivity contribution in [2.24, 2.45) is 0 Å². The van der Waals surface area contributed by atoms with Crippen LogP contribution in [0.2, 0.25) is 0 Å². The highest BCUT2D eigenvalue weighted by Crippen LogP contribution is 2.43. The van der Waals surface area contributed by atoms with Crippen molar-refractivity contribution in [1.82, 2.24) is 9.55 Å². The fourth-order valence-electron chi connectivity index (χ4n) is 8.32. The number of nitrogens with one attached hydrogen (secondary N) is 2. The fraction of sp³-hybridized carbons (Fsp3) is 0.268. The van der Waals surface area contributed by atoms with E-state index < -0.39 is 11.7 Å². The number of nitrogens with zero attached hydrogens (tertiary/aromatic N) is 2. The van der Waals surface area contributed by atoms with Gasteiger partial charge in [0.05, 0.1) is 28.0 Å². The molecule has 8 aromatic rings. The number of aromatic nitrogens is 2. The van der Waals surface area contributed by atoms with Gasteiger partial charge in [0.2, 0.25) is 0 Å². The summed E-state index contributed by atoms with van der Waals surface area (Å²) < 4.78 is 49.3. The molecule has 64 heavy (non-hydrogen) atoms. The lowest BCUT2D eigenvalue weighted by Gasteiger charge is -2.25. The summed E-state index contributed by atoms with van der Waals surface area (Å²) in [5.74, 6) is 2.54. The molecular weight excluding hydrogens is 802 g/mol. The third-order valence-corrected chi connectivity index (χ3v) is 11.9. The minimum absolute atomic E-state index is 0.0360. The second-order valence-corrected chi connectivity index (χ2v) is 19.5. The zero-order valence-electron chi connectivity index (χ0n) is 38.4. The van der Waals surface area contributed by atoms with Crippen LogP contribution in [-0.4, -0.2) is 9.55 Å². The number of alkyl halides is 3. The quantitative estimate of drug-likeness (QED) is 0.144. The van der Waals surface area contributed by atoms with Gasteiger partial charge in [-0.2, -0.15) is 13.2 Å². The molecule has 2 N–H and O–H groups in total. The van der Waals surface area contributed by atoms with E-state index in [1.54, 1.807) is 12.1 Å². The SMILES string of the molecule is CC(C)c1cc(-c2ccc(C(F)(F)F)cc2)cc(C(C)C)c1Nc1ccccc1Nc1cc(Oc2ccc3c4ccccc4n(-c4cc(C(C)(C)C)ccn4)c3c2)cc(C(C)(C)C)c1. The number of hydrogen-bond donors (Lipinski definition) is 2. The number of benzene rings is 6. The maximum atomic E-state index is 13.4. The number of pyridine rings is 1. The predicted octanol–water partition coefficient (Wildman–Crippen LogP) is 17.0. The molecule has 0 radical (unpaired) electrons. The number of halogens is 3. The van der Waals surface area contributed by atoms with E-state index in [9.17, 15) is 13.2 Å². The lowest BCUT2D eigenvalue weighted by atomic mass is 9.86. The van der Waals surface area contributed by atoms with Crippen molar-refractivity contribution in [3.8, 4) is 28.4 Å². The van der Waals surface area contributed by atoms with Crippen molar-refractivity contribution in [3.05, 3.63) is 167 Å². The molecule has 0 aliphatic heterocycles. The molecule has 0 aliphatic carbocycles. The van der Waals surface area contributed by atoms with Crippen LogP contribution in [0.15, 0.2) is 140 Å². The first-order valence-corrected chi connectivity index (χ1v) is 22.1. The molecule has 0 saturated heterocycles. The van der Waals surface area contributed by atoms with E-state index in [0.717, 1.165) is 90.3 Å². The van der Waals surface area contributed by atoms with Crippen LogP contribution in [0.5, 0.6) is 11.5 Å². The minimum Gasteiger partial charge on any atom is -0.457 e. The maximum absolute atomic E-state index is 13.4. The van der Waals surface area contributed by atoms with Gasteiger partial charge < -0.3 is 15.4 Å². The molecular formula is C56H57F3N4O. The molecule has 8 rings (SSSR count). The van der Waals surface area contributed by atoms with Gasteiger partial charge in [-0.15, -0.1) is 0 Å². The van der Waals surface area contributed by atoms with Crippen molar-refractivity contribution in [1.29, 1.82) is 0 Å². The molecule has 0 amide bonds. The van der Waals surface area contributed by atoms with Crippen LogP contribution < -0.4 is 15.4 Å². The highest BCUT2D eigenvalue weighted by atomic mass is 19.4. The second-order valence-electron chi connectivity index (χ2n) is 19.5. The van der Waals surface area contributed by atoms with Gasteiger partial charge in [-0.05, 0) is 135 Å². The number of rotatable bonds is 10. The van der Waals surface area contributed by atoms with Crippen molar-refractivity contribution in [2.75, 3.05) is 10.6 Å². The Hall–Kier alpha value is -6.54. The molecule has 328 valence electrons. The Kier molecular flexibility index (Phi) is 11.6. The standard InChI is InChI=1S/C56H57F3N4O/c1-34(2)46-27-37(36-19-21-38(22-20-36)56(57,58)59)28-47(35(3)4)53(46)62-49-17-13-12-16-48(49)61-41-29-40(55(8,9)10)30-43(32-41)64-42-23-24-45-44-15-11-14-18-50(44)63(51(45)33-42)52-31-39(25-26-60-52)54(5,6)7/h11-35,61-62H,1-10H3. The normalized spacial score (nSPS) is 12.4. The lowest BCUT2D eigenvalue weighted by Crippen LogP contribution is -2.12. The summed E-state index contributed by atoms with van der Waals surface area (Å²) in [5, 5.41) is 9.81. The van der Waals surface area contributed by atoms with E-state index in [2.05, 4.69) is 169 Å². The number of para-hydroxylation sites is 3. The second kappa shape index (κ2) is 16.9. The summed E-state index contributed by atoms with van der Waals surface area (Å²) in [6.45, 7) is 21.8. The molecule has 0 atom stereocenters. The largest absolute Gasteiger partial charge is 0.457 e. The number of anilines is 4. The Morgan fingerprint density at radius 3 is 1.77 bits per heavy atom.